The van der Waals surface area contributed by atoms with Crippen molar-refractivity contribution in [3.63, 3.8) is 0 Å². The van der Waals surface area contributed by atoms with Crippen LogP contribution in [0.25, 0.3) is 16.9 Å². The van der Waals surface area contributed by atoms with Crippen molar-refractivity contribution in [1.29, 1.82) is 0 Å². The number of nitrogens with one attached hydrogen (secondary N) is 1. The fourth-order valence-corrected chi connectivity index (χ4v) is 3.03. The van der Waals surface area contributed by atoms with Gasteiger partial charge >= 0.3 is 0 Å². The van der Waals surface area contributed by atoms with E-state index in [-0.39, 0.29) is 18.1 Å². The van der Waals surface area contributed by atoms with Gasteiger partial charge in [-0.1, -0.05) is 29.5 Å². The molecule has 0 fully saturated rings. The van der Waals surface area contributed by atoms with E-state index in [9.17, 15) is 9.18 Å². The Morgan fingerprint density at radius 3 is 2.67 bits per heavy atom. The number of ether oxygens (including phenoxy) is 1. The van der Waals surface area contributed by atoms with Crippen LogP contribution in [-0.4, -0.2) is 33.0 Å². The van der Waals surface area contributed by atoms with Gasteiger partial charge in [-0.05, 0) is 30.3 Å². The van der Waals surface area contributed by atoms with Gasteiger partial charge in [-0.15, -0.1) is 5.10 Å². The molecule has 0 aliphatic heterocycles. The number of carbonyl (C=O) groups excluding carboxylic acids is 1. The number of benzene rings is 2. The molecule has 0 saturated carbocycles. The molecule has 0 spiro atoms. The number of hydrogen-bond acceptors (Lipinski definition) is 5. The summed E-state index contributed by atoms with van der Waals surface area (Å²) in [6.07, 6.45) is 3.25. The monoisotopic (exact) mass is 403 g/mol. The topological polar surface area (TPSA) is 81.9 Å². The van der Waals surface area contributed by atoms with Crippen LogP contribution in [0.15, 0.2) is 73.1 Å². The van der Waals surface area contributed by atoms with Crippen LogP contribution >= 0.6 is 0 Å². The summed E-state index contributed by atoms with van der Waals surface area (Å²) in [7, 11) is 1.58. The number of pyridine rings is 1. The van der Waals surface area contributed by atoms with E-state index in [0.717, 1.165) is 0 Å². The van der Waals surface area contributed by atoms with Crippen molar-refractivity contribution in [2.75, 3.05) is 7.11 Å². The third-order valence-electron chi connectivity index (χ3n) is 4.53. The zero-order valence-corrected chi connectivity index (χ0v) is 16.1. The summed E-state index contributed by atoms with van der Waals surface area (Å²) in [5.74, 6) is -0.194. The number of carbonyl (C=O) groups is 1. The fraction of sp³-hybridized carbons (Fsp3) is 0.0909. The Bertz CT molecular complexity index is 1180. The lowest BCUT2D eigenvalue weighted by molar-refractivity contribution is 0.0946. The fourth-order valence-electron chi connectivity index (χ4n) is 3.03. The van der Waals surface area contributed by atoms with Gasteiger partial charge in [-0.3, -0.25) is 9.78 Å². The molecule has 2 aromatic heterocycles. The van der Waals surface area contributed by atoms with E-state index in [0.29, 0.717) is 28.3 Å². The van der Waals surface area contributed by atoms with Crippen LogP contribution in [0.1, 0.15) is 16.1 Å². The van der Waals surface area contributed by atoms with Gasteiger partial charge in [0.25, 0.3) is 5.91 Å². The second-order valence-electron chi connectivity index (χ2n) is 6.41. The highest BCUT2D eigenvalue weighted by Crippen LogP contribution is 2.26. The minimum Gasteiger partial charge on any atom is -0.497 e. The van der Waals surface area contributed by atoms with Crippen molar-refractivity contribution in [3.8, 4) is 22.7 Å². The summed E-state index contributed by atoms with van der Waals surface area (Å²) in [5.41, 5.74) is 2.41. The van der Waals surface area contributed by atoms with Crippen molar-refractivity contribution < 1.29 is 13.9 Å². The Labute approximate surface area is 172 Å². The van der Waals surface area contributed by atoms with Crippen LogP contribution in [0.4, 0.5) is 4.39 Å². The van der Waals surface area contributed by atoms with Gasteiger partial charge < -0.3 is 10.1 Å². The Kier molecular flexibility index (Phi) is 5.47. The molecule has 150 valence electrons. The number of aromatic nitrogens is 4. The maximum atomic E-state index is 13.9. The maximum absolute atomic E-state index is 13.9. The molecule has 0 bridgehead atoms. The second kappa shape index (κ2) is 8.52. The van der Waals surface area contributed by atoms with Crippen LogP contribution < -0.4 is 10.1 Å². The predicted octanol–water partition coefficient (Wildman–Crippen LogP) is 3.41. The van der Waals surface area contributed by atoms with Gasteiger partial charge in [0.05, 0.1) is 12.8 Å². The second-order valence-corrected chi connectivity index (χ2v) is 6.41. The first-order valence-corrected chi connectivity index (χ1v) is 9.19. The van der Waals surface area contributed by atoms with Crippen LogP contribution in [0.5, 0.6) is 5.75 Å². The van der Waals surface area contributed by atoms with Gasteiger partial charge in [0.1, 0.15) is 17.3 Å². The number of hydrogen-bond donors (Lipinski definition) is 1. The van der Waals surface area contributed by atoms with Crippen molar-refractivity contribution in [3.05, 3.63) is 90.1 Å². The zero-order valence-electron chi connectivity index (χ0n) is 16.1. The molecule has 1 N–H and O–H groups in total. The Balaban J connectivity index is 1.72. The maximum Gasteiger partial charge on any atom is 0.274 e. The van der Waals surface area contributed by atoms with Gasteiger partial charge in [0.2, 0.25) is 0 Å². The number of rotatable bonds is 6. The molecule has 4 rings (SSSR count). The number of methoxy groups -OCH3 is 1. The molecular formula is C22H18FN5O2. The van der Waals surface area contributed by atoms with Crippen LogP contribution in [0, 0.1) is 5.82 Å². The predicted molar refractivity (Wildman–Crippen MR) is 109 cm³/mol. The largest absolute Gasteiger partial charge is 0.497 e. The summed E-state index contributed by atoms with van der Waals surface area (Å²) in [6.45, 7) is 0.0350. The highest BCUT2D eigenvalue weighted by Gasteiger charge is 2.22. The molecule has 0 radical (unpaired) electrons. The average Bonchev–Trinajstić information content (AvgIpc) is 3.24. The first-order chi connectivity index (χ1) is 14.7. The SMILES string of the molecule is COc1cccc(-n2nnc(C(=O)NCc3ccccc3F)c2-c2ccncc2)c1. The summed E-state index contributed by atoms with van der Waals surface area (Å²) in [5, 5.41) is 11.0. The summed E-state index contributed by atoms with van der Waals surface area (Å²) in [6, 6.07) is 17.1. The third-order valence-corrected chi connectivity index (χ3v) is 4.53. The highest BCUT2D eigenvalue weighted by molar-refractivity contribution is 5.98. The van der Waals surface area contributed by atoms with Crippen molar-refractivity contribution >= 4 is 5.91 Å². The molecule has 8 heteroatoms. The van der Waals surface area contributed by atoms with Gasteiger partial charge in [0, 0.05) is 36.1 Å². The van der Waals surface area contributed by atoms with Crippen molar-refractivity contribution in [2.45, 2.75) is 6.54 Å². The summed E-state index contributed by atoms with van der Waals surface area (Å²) < 4.78 is 20.7. The molecule has 4 aromatic rings. The molecule has 30 heavy (non-hydrogen) atoms. The Hall–Kier alpha value is -4.07. The van der Waals surface area contributed by atoms with Crippen molar-refractivity contribution in [1.82, 2.24) is 25.3 Å². The van der Waals surface area contributed by atoms with Crippen LogP contribution in [0.3, 0.4) is 0 Å². The first kappa shape index (κ1) is 19.3. The number of nitrogens with zero attached hydrogens (tertiary/aromatic N) is 4. The van der Waals surface area contributed by atoms with Crippen LogP contribution in [-0.2, 0) is 6.54 Å². The van der Waals surface area contributed by atoms with E-state index in [1.807, 2.05) is 18.2 Å². The molecule has 2 aromatic carbocycles. The number of halogens is 1. The minimum absolute atomic E-state index is 0.0350. The van der Waals surface area contributed by atoms with E-state index >= 15 is 0 Å². The smallest absolute Gasteiger partial charge is 0.274 e. The van der Waals surface area contributed by atoms with E-state index in [2.05, 4.69) is 20.6 Å². The zero-order chi connectivity index (χ0) is 20.9. The normalized spacial score (nSPS) is 10.6. The lowest BCUT2D eigenvalue weighted by Gasteiger charge is -2.10. The quantitative estimate of drug-likeness (QED) is 0.534. The van der Waals surface area contributed by atoms with E-state index in [1.165, 1.54) is 6.07 Å². The molecule has 0 atom stereocenters. The molecule has 2 heterocycles. The molecular weight excluding hydrogens is 385 g/mol. The Morgan fingerprint density at radius 2 is 1.90 bits per heavy atom. The standard InChI is InChI=1S/C22H18FN5O2/c1-30-18-7-4-6-17(13-18)28-21(15-9-11-24-12-10-15)20(26-27-28)22(29)25-14-16-5-2-3-8-19(16)23/h2-13H,14H2,1H3,(H,25,29). The molecule has 0 aliphatic carbocycles. The number of amides is 1. The van der Waals surface area contributed by atoms with Gasteiger partial charge in [-0.2, -0.15) is 0 Å². The summed E-state index contributed by atoms with van der Waals surface area (Å²) >= 11 is 0. The average molecular weight is 403 g/mol. The van der Waals surface area contributed by atoms with Crippen molar-refractivity contribution in [2.24, 2.45) is 0 Å². The molecule has 0 saturated heterocycles. The summed E-state index contributed by atoms with van der Waals surface area (Å²) in [4.78, 5) is 16.9. The minimum atomic E-state index is -0.459. The van der Waals surface area contributed by atoms with Crippen LogP contribution in [0.2, 0.25) is 0 Å². The Morgan fingerprint density at radius 1 is 1.10 bits per heavy atom. The molecule has 7 nitrogen and oxygen atoms in total. The molecule has 0 aliphatic rings. The highest BCUT2D eigenvalue weighted by atomic mass is 19.1. The molecule has 1 amide bonds. The lowest BCUT2D eigenvalue weighted by atomic mass is 10.1. The molecule has 0 unspecified atom stereocenters. The van der Waals surface area contributed by atoms with E-state index in [4.69, 9.17) is 4.74 Å². The first-order valence-electron chi connectivity index (χ1n) is 9.19. The van der Waals surface area contributed by atoms with Gasteiger partial charge in [-0.25, -0.2) is 9.07 Å². The van der Waals surface area contributed by atoms with E-state index in [1.54, 1.807) is 60.6 Å². The van der Waals surface area contributed by atoms with E-state index < -0.39 is 5.91 Å². The third kappa shape index (κ3) is 3.88. The lowest BCUT2D eigenvalue weighted by Crippen LogP contribution is -2.24. The van der Waals surface area contributed by atoms with Gasteiger partial charge in [0.15, 0.2) is 5.69 Å².